The molecule has 1 unspecified atom stereocenters. The Hall–Kier alpha value is -4.24. The van der Waals surface area contributed by atoms with Crippen molar-refractivity contribution in [3.05, 3.63) is 93.7 Å². The topological polar surface area (TPSA) is 106 Å². The van der Waals surface area contributed by atoms with Crippen LogP contribution in [-0.2, 0) is 14.3 Å². The molecular formula is C32H34N2O6S. The molecule has 4 rings (SSSR count). The molecule has 0 radical (unpaired) electrons. The van der Waals surface area contributed by atoms with E-state index in [1.165, 1.54) is 11.0 Å². The molecule has 8 nitrogen and oxygen atoms in total. The molecular weight excluding hydrogens is 540 g/mol. The fourth-order valence-corrected chi connectivity index (χ4v) is 5.52. The second-order valence-corrected chi connectivity index (χ2v) is 10.5. The van der Waals surface area contributed by atoms with E-state index >= 15 is 0 Å². The van der Waals surface area contributed by atoms with E-state index in [0.29, 0.717) is 23.6 Å². The number of ketones is 1. The molecule has 9 heteroatoms. The number of aromatic nitrogens is 1. The number of aliphatic hydroxyl groups excluding tert-OH is 1. The van der Waals surface area contributed by atoms with Crippen LogP contribution < -0.4 is 9.64 Å². The number of hydrogen-bond donors (Lipinski definition) is 1. The van der Waals surface area contributed by atoms with Crippen molar-refractivity contribution in [3.63, 3.8) is 0 Å². The van der Waals surface area contributed by atoms with Crippen LogP contribution in [0, 0.1) is 6.92 Å². The molecule has 41 heavy (non-hydrogen) atoms. The van der Waals surface area contributed by atoms with Crippen LogP contribution in [0.25, 0.3) is 6.08 Å². The summed E-state index contributed by atoms with van der Waals surface area (Å²) in [6, 6.07) is 15.4. The first-order valence-electron chi connectivity index (χ1n) is 13.8. The van der Waals surface area contributed by atoms with Crippen molar-refractivity contribution in [2.45, 2.75) is 52.5 Å². The van der Waals surface area contributed by atoms with E-state index in [0.717, 1.165) is 42.6 Å². The molecule has 0 bridgehead atoms. The highest BCUT2D eigenvalue weighted by molar-refractivity contribution is 7.17. The lowest BCUT2D eigenvalue weighted by atomic mass is 9.95. The number of carbonyl (C=O) groups is 3. The molecule has 1 aliphatic rings. The highest BCUT2D eigenvalue weighted by Crippen LogP contribution is 2.43. The maximum atomic E-state index is 13.5. The first kappa shape index (κ1) is 29.7. The van der Waals surface area contributed by atoms with Gasteiger partial charge in [0.25, 0.3) is 5.91 Å². The van der Waals surface area contributed by atoms with Gasteiger partial charge in [-0.1, -0.05) is 86.1 Å². The van der Waals surface area contributed by atoms with Crippen LogP contribution in [-0.4, -0.2) is 41.0 Å². The number of benzene rings is 2. The molecule has 1 N–H and O–H groups in total. The van der Waals surface area contributed by atoms with E-state index in [1.54, 1.807) is 44.2 Å². The number of aliphatic hydroxyl groups is 1. The Kier molecular flexibility index (Phi) is 10.1. The Morgan fingerprint density at radius 1 is 1.05 bits per heavy atom. The zero-order chi connectivity index (χ0) is 29.4. The van der Waals surface area contributed by atoms with Crippen LogP contribution >= 0.6 is 11.3 Å². The Balaban J connectivity index is 1.68. The van der Waals surface area contributed by atoms with Crippen LogP contribution in [0.1, 0.15) is 72.1 Å². The molecule has 0 spiro atoms. The predicted octanol–water partition coefficient (Wildman–Crippen LogP) is 6.77. The molecule has 1 aliphatic heterocycles. The summed E-state index contributed by atoms with van der Waals surface area (Å²) in [5.74, 6) is -1.81. The molecule has 1 aromatic heterocycles. The monoisotopic (exact) mass is 574 g/mol. The number of hydrogen-bond acceptors (Lipinski definition) is 8. The summed E-state index contributed by atoms with van der Waals surface area (Å²) >= 11 is 0.981. The van der Waals surface area contributed by atoms with Crippen LogP contribution in [0.4, 0.5) is 5.13 Å². The van der Waals surface area contributed by atoms with Crippen molar-refractivity contribution in [2.24, 2.45) is 0 Å². The summed E-state index contributed by atoms with van der Waals surface area (Å²) in [7, 11) is 0. The fourth-order valence-electron chi connectivity index (χ4n) is 4.53. The Morgan fingerprint density at radius 2 is 1.78 bits per heavy atom. The number of esters is 1. The minimum atomic E-state index is -0.963. The smallest absolute Gasteiger partial charge is 0.350 e. The van der Waals surface area contributed by atoms with Gasteiger partial charge < -0.3 is 14.6 Å². The lowest BCUT2D eigenvalue weighted by Crippen LogP contribution is -2.30. The molecule has 214 valence electrons. The molecule has 1 atom stereocenters. The fraction of sp³-hybridized carbons (Fsp3) is 0.312. The van der Waals surface area contributed by atoms with Gasteiger partial charge >= 0.3 is 5.97 Å². The molecule has 0 fully saturated rings. The van der Waals surface area contributed by atoms with Crippen molar-refractivity contribution in [3.8, 4) is 5.75 Å². The van der Waals surface area contributed by atoms with E-state index in [2.05, 4.69) is 11.9 Å². The number of thiazole rings is 1. The summed E-state index contributed by atoms with van der Waals surface area (Å²) in [5.41, 5.74) is 1.71. The SMILES string of the molecule is CCCCCCOc1ccc(C2C(C(=O)/C=C/c3ccccc3)=C(O)C(=O)N2c2nc(C)c(C(=O)OCC)s2)cc1. The van der Waals surface area contributed by atoms with Gasteiger partial charge in [-0.15, -0.1) is 0 Å². The number of allylic oxidation sites excluding steroid dienone is 1. The third-order valence-electron chi connectivity index (χ3n) is 6.61. The molecule has 0 saturated carbocycles. The van der Waals surface area contributed by atoms with Gasteiger partial charge in [-0.2, -0.15) is 0 Å². The Bertz CT molecular complexity index is 1440. The van der Waals surface area contributed by atoms with E-state index < -0.39 is 29.5 Å². The van der Waals surface area contributed by atoms with Crippen molar-refractivity contribution in [1.82, 2.24) is 4.98 Å². The van der Waals surface area contributed by atoms with Gasteiger partial charge in [0.1, 0.15) is 10.6 Å². The number of carbonyl (C=O) groups excluding carboxylic acids is 3. The number of nitrogens with zero attached hydrogens (tertiary/aromatic N) is 2. The minimum Gasteiger partial charge on any atom is -0.503 e. The summed E-state index contributed by atoms with van der Waals surface area (Å²) in [6.07, 6.45) is 7.33. The number of amides is 1. The second kappa shape index (κ2) is 13.9. The van der Waals surface area contributed by atoms with Crippen LogP contribution in [0.15, 0.2) is 72.0 Å². The van der Waals surface area contributed by atoms with Crippen molar-refractivity contribution in [1.29, 1.82) is 0 Å². The zero-order valence-electron chi connectivity index (χ0n) is 23.5. The highest BCUT2D eigenvalue weighted by Gasteiger charge is 2.45. The maximum absolute atomic E-state index is 13.5. The average molecular weight is 575 g/mol. The molecule has 1 amide bonds. The lowest BCUT2D eigenvalue weighted by Gasteiger charge is -2.24. The third kappa shape index (κ3) is 6.92. The first-order chi connectivity index (χ1) is 19.8. The quantitative estimate of drug-likeness (QED) is 0.136. The standard InChI is InChI=1S/C32H34N2O6S/c1-4-6-7-11-20-40-24-17-15-23(16-18-24)27-26(25(35)19-14-22-12-9-8-10-13-22)28(36)30(37)34(27)32-33-21(3)29(41-32)31(38)39-5-2/h8-10,12-19,27,36H,4-7,11,20H2,1-3H3/b19-14+. The van der Waals surface area contributed by atoms with E-state index in [9.17, 15) is 19.5 Å². The normalized spacial score (nSPS) is 15.1. The van der Waals surface area contributed by atoms with Gasteiger partial charge in [-0.3, -0.25) is 14.5 Å². The largest absolute Gasteiger partial charge is 0.503 e. The number of ether oxygens (including phenoxy) is 2. The van der Waals surface area contributed by atoms with Crippen molar-refractivity contribution < 1.29 is 29.0 Å². The van der Waals surface area contributed by atoms with Crippen LogP contribution in [0.2, 0.25) is 0 Å². The van der Waals surface area contributed by atoms with Gasteiger partial charge in [0.2, 0.25) is 0 Å². The number of unbranched alkanes of at least 4 members (excludes halogenated alkanes) is 3. The van der Waals surface area contributed by atoms with Crippen molar-refractivity contribution in [2.75, 3.05) is 18.1 Å². The highest BCUT2D eigenvalue weighted by atomic mass is 32.1. The Morgan fingerprint density at radius 3 is 2.46 bits per heavy atom. The summed E-state index contributed by atoms with van der Waals surface area (Å²) in [6.45, 7) is 6.30. The molecule has 3 aromatic rings. The second-order valence-electron chi connectivity index (χ2n) is 9.56. The zero-order valence-corrected chi connectivity index (χ0v) is 24.3. The summed E-state index contributed by atoms with van der Waals surface area (Å²) in [4.78, 5) is 45.4. The van der Waals surface area contributed by atoms with Gasteiger partial charge in [-0.25, -0.2) is 9.78 Å². The van der Waals surface area contributed by atoms with E-state index in [-0.39, 0.29) is 22.2 Å². The average Bonchev–Trinajstić information content (AvgIpc) is 3.49. The van der Waals surface area contributed by atoms with Crippen molar-refractivity contribution >= 4 is 40.2 Å². The molecule has 2 heterocycles. The number of aryl methyl sites for hydroxylation is 1. The molecule has 0 aliphatic carbocycles. The van der Waals surface area contributed by atoms with E-state index in [4.69, 9.17) is 9.47 Å². The van der Waals surface area contributed by atoms with Gasteiger partial charge in [-0.05, 0) is 49.6 Å². The first-order valence-corrected chi connectivity index (χ1v) is 14.6. The number of anilines is 1. The van der Waals surface area contributed by atoms with Gasteiger partial charge in [0.05, 0.1) is 30.5 Å². The van der Waals surface area contributed by atoms with Crippen LogP contribution in [0.5, 0.6) is 5.75 Å². The lowest BCUT2D eigenvalue weighted by molar-refractivity contribution is -0.117. The van der Waals surface area contributed by atoms with Gasteiger partial charge in [0.15, 0.2) is 16.7 Å². The van der Waals surface area contributed by atoms with Crippen LogP contribution in [0.3, 0.4) is 0 Å². The van der Waals surface area contributed by atoms with E-state index in [1.807, 2.05) is 30.3 Å². The summed E-state index contributed by atoms with van der Waals surface area (Å²) in [5, 5.41) is 11.2. The Labute approximate surface area is 243 Å². The summed E-state index contributed by atoms with van der Waals surface area (Å²) < 4.78 is 11.0. The maximum Gasteiger partial charge on any atom is 0.350 e. The van der Waals surface area contributed by atoms with Gasteiger partial charge in [0, 0.05) is 0 Å². The molecule has 0 saturated heterocycles. The number of rotatable bonds is 13. The third-order valence-corrected chi connectivity index (χ3v) is 7.75. The predicted molar refractivity (Wildman–Crippen MR) is 159 cm³/mol. The molecule has 2 aromatic carbocycles. The minimum absolute atomic E-state index is 0.0686.